The van der Waals surface area contributed by atoms with Crippen LogP contribution in [0, 0.1) is 0 Å². The Labute approximate surface area is 270 Å². The van der Waals surface area contributed by atoms with Gasteiger partial charge >= 0.3 is 0 Å². The zero-order chi connectivity index (χ0) is 28.2. The van der Waals surface area contributed by atoms with Crippen LogP contribution in [0.3, 0.4) is 0 Å². The first-order chi connectivity index (χ1) is 16.2. The second kappa shape index (κ2) is 34.7. The zero-order valence-electron chi connectivity index (χ0n) is 21.1. The predicted molar refractivity (Wildman–Crippen MR) is 163 cm³/mol. The fourth-order valence-electron chi connectivity index (χ4n) is 2.12. The third kappa shape index (κ3) is 66.0. The van der Waals surface area contributed by atoms with Gasteiger partial charge in [-0.15, -0.1) is 52.5 Å². The van der Waals surface area contributed by atoms with E-state index in [1.165, 1.54) is 38.5 Å². The van der Waals surface area contributed by atoms with Crippen molar-refractivity contribution < 1.29 is 53.5 Å². The van der Waals surface area contributed by atoms with Crippen LogP contribution in [0.25, 0.3) is 0 Å². The van der Waals surface area contributed by atoms with Gasteiger partial charge in [-0.05, 0) is 19.3 Å². The molecule has 0 amide bonds. The summed E-state index contributed by atoms with van der Waals surface area (Å²) in [5.41, 5.74) is -9.14. The Kier molecular flexibility index (Phi) is 47.3. The minimum absolute atomic E-state index is 0. The fourth-order valence-corrected chi connectivity index (χ4v) is 4.52. The summed E-state index contributed by atoms with van der Waals surface area (Å²) < 4.78 is 22.1. The van der Waals surface area contributed by atoms with E-state index < -0.39 is 17.1 Å². The van der Waals surface area contributed by atoms with Gasteiger partial charge in [0.25, 0.3) is 0 Å². The van der Waals surface area contributed by atoms with Crippen LogP contribution in [0.1, 0.15) is 97.8 Å². The van der Waals surface area contributed by atoms with E-state index in [-0.39, 0.29) is 21.1 Å². The van der Waals surface area contributed by atoms with Crippen molar-refractivity contribution in [1.82, 2.24) is 0 Å². The van der Waals surface area contributed by atoms with Crippen molar-refractivity contribution in [2.45, 2.75) is 97.8 Å². The van der Waals surface area contributed by atoms with E-state index in [2.05, 4.69) is 105 Å². The van der Waals surface area contributed by atoms with Gasteiger partial charge in [0.2, 0.25) is 0 Å². The van der Waals surface area contributed by atoms with Gasteiger partial charge in [-0.3, -0.25) is 0 Å². The Morgan fingerprint density at radius 2 is 0.722 bits per heavy atom. The number of hydrogen-bond acceptors (Lipinski definition) is 14. The number of rotatable bonds is 18. The van der Waals surface area contributed by atoms with Gasteiger partial charge in [-0.25, -0.2) is 0 Å². The first-order valence-corrected chi connectivity index (χ1v) is 22.6. The Morgan fingerprint density at radius 3 is 0.861 bits per heavy atom. The van der Waals surface area contributed by atoms with Crippen LogP contribution in [-0.2, 0) is 119 Å². The van der Waals surface area contributed by atoms with Gasteiger partial charge in [0, 0.05) is 40.9 Å². The van der Waals surface area contributed by atoms with Crippen molar-refractivity contribution in [3.63, 3.8) is 0 Å². The summed E-state index contributed by atoms with van der Waals surface area (Å²) in [4.78, 5) is 32.0. The average molecular weight is 781 g/mol. The topological polar surface area (TPSA) is 114 Å². The molecule has 0 N–H and O–H groups in total. The molecular formula is C18H39MoO7P3S7-6. The van der Waals surface area contributed by atoms with Crippen molar-refractivity contribution in [3.8, 4) is 0 Å². The summed E-state index contributed by atoms with van der Waals surface area (Å²) in [6.07, 6.45) is 13.1. The van der Waals surface area contributed by atoms with Crippen molar-refractivity contribution in [1.29, 1.82) is 0 Å². The van der Waals surface area contributed by atoms with Gasteiger partial charge in [0.15, 0.2) is 12.5 Å². The quantitative estimate of drug-likeness (QED) is 0.0821. The maximum atomic E-state index is 10.7. The molecular weight excluding hydrogens is 742 g/mol. The summed E-state index contributed by atoms with van der Waals surface area (Å²) >= 11 is 29.3. The van der Waals surface area contributed by atoms with Crippen molar-refractivity contribution in [2.75, 3.05) is 19.8 Å². The average Bonchev–Trinajstić information content (AvgIpc) is 2.73. The normalized spacial score (nSPS) is 15.0. The summed E-state index contributed by atoms with van der Waals surface area (Å²) in [6, 6.07) is 0. The molecule has 0 rings (SSSR count). The molecule has 7 nitrogen and oxygen atoms in total. The molecule has 0 aliphatic heterocycles. The van der Waals surface area contributed by atoms with Gasteiger partial charge in [0.05, 0.1) is 0 Å². The smallest absolute Gasteiger partial charge is 0.197 e. The molecule has 0 aliphatic rings. The molecule has 0 aliphatic carbocycles. The van der Waals surface area contributed by atoms with Gasteiger partial charge < -0.3 is 65.0 Å². The summed E-state index contributed by atoms with van der Waals surface area (Å²) in [5.74, 6) is 0. The predicted octanol–water partition coefficient (Wildman–Crippen LogP) is 4.81. The van der Waals surface area contributed by atoms with E-state index in [4.69, 9.17) is 17.8 Å². The van der Waals surface area contributed by atoms with E-state index in [1.54, 1.807) is 0 Å². The monoisotopic (exact) mass is 782 g/mol. The second-order valence-corrected chi connectivity index (χ2v) is 21.2. The summed E-state index contributed by atoms with van der Waals surface area (Å²) in [5, 5.41) is 0. The molecule has 0 aromatic heterocycles. The Morgan fingerprint density at radius 1 is 0.528 bits per heavy atom. The van der Waals surface area contributed by atoms with Crippen LogP contribution in [-0.4, -0.2) is 24.0 Å². The number of unbranched alkanes of at least 4 members (excludes halogenated alkanes) is 9. The molecule has 18 heteroatoms. The maximum absolute atomic E-state index is 10.7. The molecule has 0 aromatic rings. The third-order valence-corrected chi connectivity index (χ3v) is 7.14. The summed E-state index contributed by atoms with van der Waals surface area (Å²) in [7, 11) is 0. The third-order valence-electron chi connectivity index (χ3n) is 3.74. The minimum atomic E-state index is -3.05. The SMILES string of the molecule is CCCCCCOP([O-])(=S)[S-].CCCCCCOP([O-])(=S)[S-].CCCCCCOP([O-])(=S)[S-].O=S.[Mo]. The van der Waals surface area contributed by atoms with Crippen LogP contribution in [0.2, 0.25) is 0 Å². The van der Waals surface area contributed by atoms with Gasteiger partial charge in [-0.1, -0.05) is 78.6 Å². The molecule has 0 aromatic carbocycles. The van der Waals surface area contributed by atoms with E-state index in [0.29, 0.717) is 19.8 Å². The molecule has 0 spiro atoms. The standard InChI is InChI=1S/3C6H15O2PS2.Mo.OS/c3*1-2-3-4-5-6-8-9(7,10)11;;1-2/h3*2-6H2,1H3,(H2,7,10,11);;/p-6. The molecule has 3 atom stereocenters. The van der Waals surface area contributed by atoms with Crippen molar-refractivity contribution in [3.05, 3.63) is 0 Å². The molecule has 0 bridgehead atoms. The first kappa shape index (κ1) is 49.2. The van der Waals surface area contributed by atoms with Crippen molar-refractivity contribution >= 4 is 102 Å². The Bertz CT molecular complexity index is 505. The van der Waals surface area contributed by atoms with Gasteiger partial charge in [0.1, 0.15) is 0 Å². The molecule has 0 fully saturated rings. The van der Waals surface area contributed by atoms with Crippen LogP contribution in [0.15, 0.2) is 0 Å². The van der Waals surface area contributed by atoms with Gasteiger partial charge in [-0.2, -0.15) is 4.21 Å². The first-order valence-electron chi connectivity index (χ1n) is 11.3. The van der Waals surface area contributed by atoms with E-state index in [1.807, 2.05) is 0 Å². The maximum Gasteiger partial charge on any atom is 0.197 e. The Hall–Kier alpha value is 3.47. The second-order valence-electron chi connectivity index (χ2n) is 7.02. The van der Waals surface area contributed by atoms with Crippen LogP contribution in [0.4, 0.5) is 0 Å². The molecule has 0 heterocycles. The molecule has 0 saturated carbocycles. The largest absolute Gasteiger partial charge is 0.819 e. The number of hydrogen-bond donors (Lipinski definition) is 0. The van der Waals surface area contributed by atoms with Crippen LogP contribution >= 0.6 is 17.1 Å². The molecule has 0 radical (unpaired) electrons. The fraction of sp³-hybridized carbons (Fsp3) is 1.00. The van der Waals surface area contributed by atoms with E-state index in [0.717, 1.165) is 38.5 Å². The molecule has 0 saturated heterocycles. The van der Waals surface area contributed by atoms with Crippen LogP contribution in [0.5, 0.6) is 0 Å². The summed E-state index contributed by atoms with van der Waals surface area (Å²) in [6.45, 7) is 7.74. The molecule has 3 unspecified atom stereocenters. The van der Waals surface area contributed by atoms with E-state index in [9.17, 15) is 14.7 Å². The molecule has 36 heavy (non-hydrogen) atoms. The van der Waals surface area contributed by atoms with Crippen molar-refractivity contribution in [2.24, 2.45) is 0 Å². The molecule has 222 valence electrons. The Balaban J connectivity index is -0.000000127. The minimum Gasteiger partial charge on any atom is -0.819 e. The van der Waals surface area contributed by atoms with Crippen LogP contribution < -0.4 is 14.7 Å². The zero-order valence-corrected chi connectivity index (χ0v) is 31.5. The van der Waals surface area contributed by atoms with E-state index >= 15 is 0 Å².